The summed E-state index contributed by atoms with van der Waals surface area (Å²) in [5.41, 5.74) is 1.88. The van der Waals surface area contributed by atoms with Crippen molar-refractivity contribution in [3.05, 3.63) is 42.6 Å². The summed E-state index contributed by atoms with van der Waals surface area (Å²) >= 11 is 0. The molecule has 2 aromatic heterocycles. The molecule has 0 saturated carbocycles. The Morgan fingerprint density at radius 3 is 2.73 bits per heavy atom. The molecule has 2 aromatic rings. The van der Waals surface area contributed by atoms with Gasteiger partial charge >= 0.3 is 0 Å². The number of carbonyl (C=O) groups is 2. The van der Waals surface area contributed by atoms with E-state index in [0.29, 0.717) is 24.2 Å². The average molecular weight is 297 g/mol. The van der Waals surface area contributed by atoms with Crippen LogP contribution >= 0.6 is 0 Å². The van der Waals surface area contributed by atoms with Crippen LogP contribution in [0.4, 0.5) is 0 Å². The third-order valence-electron chi connectivity index (χ3n) is 3.47. The highest BCUT2D eigenvalue weighted by Gasteiger charge is 2.24. The minimum Gasteiger partial charge on any atom is -0.354 e. The molecule has 2 N–H and O–H groups in total. The molecule has 1 atom stereocenters. The zero-order chi connectivity index (χ0) is 15.4. The molecule has 22 heavy (non-hydrogen) atoms. The van der Waals surface area contributed by atoms with E-state index in [9.17, 15) is 9.59 Å². The summed E-state index contributed by atoms with van der Waals surface area (Å²) in [6.45, 7) is 0.667. The smallest absolute Gasteiger partial charge is 0.253 e. The van der Waals surface area contributed by atoms with Crippen molar-refractivity contribution in [2.75, 3.05) is 6.54 Å². The lowest BCUT2D eigenvalue weighted by Crippen LogP contribution is -2.50. The lowest BCUT2D eigenvalue weighted by molar-refractivity contribution is -0.124. The fraction of sp³-hybridized carbons (Fsp3) is 0.267. The maximum Gasteiger partial charge on any atom is 0.253 e. The summed E-state index contributed by atoms with van der Waals surface area (Å²) < 4.78 is 0. The monoisotopic (exact) mass is 297 g/mol. The van der Waals surface area contributed by atoms with Gasteiger partial charge in [-0.25, -0.2) is 9.97 Å². The molecule has 0 spiro atoms. The fourth-order valence-electron chi connectivity index (χ4n) is 2.28. The second-order valence-electron chi connectivity index (χ2n) is 5.02. The van der Waals surface area contributed by atoms with Crippen molar-refractivity contribution in [2.24, 2.45) is 0 Å². The van der Waals surface area contributed by atoms with E-state index in [-0.39, 0.29) is 11.8 Å². The zero-order valence-electron chi connectivity index (χ0n) is 11.8. The molecule has 0 radical (unpaired) electrons. The Hall–Kier alpha value is -2.83. The van der Waals surface area contributed by atoms with Gasteiger partial charge in [-0.3, -0.25) is 14.6 Å². The standard InChI is InChI=1S/C15H15N5O2/c21-14(20-13-2-1-5-18-15(13)22)10-3-4-12(19-8-10)11-6-16-9-17-7-11/h3-4,6-9,13H,1-2,5H2,(H,18,22)(H,20,21). The van der Waals surface area contributed by atoms with Gasteiger partial charge in [-0.2, -0.15) is 0 Å². The Labute approximate surface area is 127 Å². The molecule has 1 aliphatic heterocycles. The Kier molecular flexibility index (Phi) is 4.04. The molecule has 1 aliphatic rings. The Morgan fingerprint density at radius 1 is 1.23 bits per heavy atom. The number of carbonyl (C=O) groups excluding carboxylic acids is 2. The van der Waals surface area contributed by atoms with Crippen molar-refractivity contribution in [1.29, 1.82) is 0 Å². The van der Waals surface area contributed by atoms with Crippen LogP contribution in [-0.4, -0.2) is 39.4 Å². The highest BCUT2D eigenvalue weighted by molar-refractivity contribution is 5.97. The molecule has 3 heterocycles. The van der Waals surface area contributed by atoms with Gasteiger partial charge in [-0.05, 0) is 25.0 Å². The van der Waals surface area contributed by atoms with Crippen LogP contribution in [0.15, 0.2) is 37.1 Å². The number of nitrogens with one attached hydrogen (secondary N) is 2. The fourth-order valence-corrected chi connectivity index (χ4v) is 2.28. The van der Waals surface area contributed by atoms with Crippen molar-refractivity contribution >= 4 is 11.8 Å². The van der Waals surface area contributed by atoms with Gasteiger partial charge in [0.2, 0.25) is 5.91 Å². The van der Waals surface area contributed by atoms with Crippen LogP contribution in [0, 0.1) is 0 Å². The van der Waals surface area contributed by atoms with Crippen molar-refractivity contribution in [1.82, 2.24) is 25.6 Å². The lowest BCUT2D eigenvalue weighted by Gasteiger charge is -2.22. The van der Waals surface area contributed by atoms with Gasteiger partial charge in [0, 0.05) is 30.7 Å². The van der Waals surface area contributed by atoms with Gasteiger partial charge in [0.15, 0.2) is 0 Å². The van der Waals surface area contributed by atoms with Crippen LogP contribution in [0.1, 0.15) is 23.2 Å². The maximum absolute atomic E-state index is 12.2. The summed E-state index contributed by atoms with van der Waals surface area (Å²) in [4.78, 5) is 35.9. The predicted molar refractivity (Wildman–Crippen MR) is 78.8 cm³/mol. The van der Waals surface area contributed by atoms with E-state index in [0.717, 1.165) is 12.0 Å². The average Bonchev–Trinajstić information content (AvgIpc) is 2.58. The van der Waals surface area contributed by atoms with Crippen LogP contribution in [0.5, 0.6) is 0 Å². The van der Waals surface area contributed by atoms with E-state index >= 15 is 0 Å². The zero-order valence-corrected chi connectivity index (χ0v) is 11.8. The summed E-state index contributed by atoms with van der Waals surface area (Å²) in [7, 11) is 0. The number of hydrogen-bond donors (Lipinski definition) is 2. The van der Waals surface area contributed by atoms with E-state index in [4.69, 9.17) is 0 Å². The summed E-state index contributed by atoms with van der Waals surface area (Å²) in [5.74, 6) is -0.434. The van der Waals surface area contributed by atoms with Gasteiger partial charge in [0.25, 0.3) is 5.91 Å². The second kappa shape index (κ2) is 6.30. The lowest BCUT2D eigenvalue weighted by atomic mass is 10.1. The summed E-state index contributed by atoms with van der Waals surface area (Å²) in [5, 5.41) is 5.46. The molecule has 7 nitrogen and oxygen atoms in total. The number of hydrogen-bond acceptors (Lipinski definition) is 5. The van der Waals surface area contributed by atoms with Crippen molar-refractivity contribution in [3.63, 3.8) is 0 Å². The van der Waals surface area contributed by atoms with E-state index in [1.807, 2.05) is 0 Å². The third-order valence-corrected chi connectivity index (χ3v) is 3.47. The number of piperidine rings is 1. The number of nitrogens with zero attached hydrogens (tertiary/aromatic N) is 3. The first-order valence-corrected chi connectivity index (χ1v) is 7.04. The molecule has 7 heteroatoms. The molecule has 1 saturated heterocycles. The number of amides is 2. The minimum absolute atomic E-state index is 0.134. The molecule has 112 valence electrons. The van der Waals surface area contributed by atoms with Crippen molar-refractivity contribution in [2.45, 2.75) is 18.9 Å². The molecule has 0 aromatic carbocycles. The third kappa shape index (κ3) is 3.08. The highest BCUT2D eigenvalue weighted by Crippen LogP contribution is 2.14. The van der Waals surface area contributed by atoms with Gasteiger partial charge in [0.1, 0.15) is 12.4 Å². The molecule has 2 amide bonds. The predicted octanol–water partition coefficient (Wildman–Crippen LogP) is 0.547. The van der Waals surface area contributed by atoms with Crippen LogP contribution in [0.2, 0.25) is 0 Å². The molecular weight excluding hydrogens is 282 g/mol. The van der Waals surface area contributed by atoms with Crippen molar-refractivity contribution < 1.29 is 9.59 Å². The van der Waals surface area contributed by atoms with Gasteiger partial charge in [0.05, 0.1) is 11.3 Å². The Balaban J connectivity index is 1.70. The molecule has 3 rings (SSSR count). The minimum atomic E-state index is -0.469. The summed E-state index contributed by atoms with van der Waals surface area (Å²) in [6.07, 6.45) is 7.76. The van der Waals surface area contributed by atoms with Crippen LogP contribution < -0.4 is 10.6 Å². The second-order valence-corrected chi connectivity index (χ2v) is 5.02. The number of rotatable bonds is 3. The molecular formula is C15H15N5O2. The highest BCUT2D eigenvalue weighted by atomic mass is 16.2. The first-order valence-electron chi connectivity index (χ1n) is 7.04. The van der Waals surface area contributed by atoms with Crippen LogP contribution in [0.3, 0.4) is 0 Å². The van der Waals surface area contributed by atoms with Crippen LogP contribution in [-0.2, 0) is 4.79 Å². The van der Waals surface area contributed by atoms with Crippen LogP contribution in [0.25, 0.3) is 11.3 Å². The summed E-state index contributed by atoms with van der Waals surface area (Å²) in [6, 6.07) is 2.93. The van der Waals surface area contributed by atoms with E-state index in [1.54, 1.807) is 24.5 Å². The Bertz CT molecular complexity index is 672. The number of aromatic nitrogens is 3. The van der Waals surface area contributed by atoms with Crippen molar-refractivity contribution in [3.8, 4) is 11.3 Å². The van der Waals surface area contributed by atoms with Gasteiger partial charge in [-0.1, -0.05) is 0 Å². The Morgan fingerprint density at radius 2 is 2.05 bits per heavy atom. The molecule has 1 unspecified atom stereocenters. The maximum atomic E-state index is 12.2. The van der Waals surface area contributed by atoms with Gasteiger partial charge < -0.3 is 10.6 Å². The SMILES string of the molecule is O=C(NC1CCCNC1=O)c1ccc(-c2cncnc2)nc1. The first-order chi connectivity index (χ1) is 10.7. The number of pyridine rings is 1. The first kappa shape index (κ1) is 14.1. The van der Waals surface area contributed by atoms with E-state index < -0.39 is 6.04 Å². The van der Waals surface area contributed by atoms with Gasteiger partial charge in [-0.15, -0.1) is 0 Å². The molecule has 1 fully saturated rings. The molecule has 0 bridgehead atoms. The quantitative estimate of drug-likeness (QED) is 0.862. The van der Waals surface area contributed by atoms with E-state index in [1.165, 1.54) is 12.5 Å². The van der Waals surface area contributed by atoms with E-state index in [2.05, 4.69) is 25.6 Å². The largest absolute Gasteiger partial charge is 0.354 e. The normalized spacial score (nSPS) is 17.6. The molecule has 0 aliphatic carbocycles. The topological polar surface area (TPSA) is 96.9 Å².